The predicted molar refractivity (Wildman–Crippen MR) is 85.2 cm³/mol. The number of benzene rings is 1. The molecule has 0 aliphatic carbocycles. The molecule has 2 N–H and O–H groups in total. The summed E-state index contributed by atoms with van der Waals surface area (Å²) in [4.78, 5) is 15.4. The summed E-state index contributed by atoms with van der Waals surface area (Å²) < 4.78 is 0. The van der Waals surface area contributed by atoms with Crippen LogP contribution in [0.1, 0.15) is 12.0 Å². The van der Waals surface area contributed by atoms with Gasteiger partial charge in [-0.3, -0.25) is 4.90 Å². The van der Waals surface area contributed by atoms with Gasteiger partial charge in [0.25, 0.3) is 0 Å². The maximum atomic E-state index is 11.4. The third-order valence-corrected chi connectivity index (χ3v) is 3.76. The lowest BCUT2D eigenvalue weighted by atomic mass is 10.2. The van der Waals surface area contributed by atoms with Crippen LogP contribution in [0.5, 0.6) is 0 Å². The summed E-state index contributed by atoms with van der Waals surface area (Å²) in [5, 5.41) is 6.38. The van der Waals surface area contributed by atoms with Gasteiger partial charge < -0.3 is 15.5 Å². The van der Waals surface area contributed by atoms with Crippen molar-refractivity contribution in [1.29, 1.82) is 0 Å². The van der Waals surface area contributed by atoms with Gasteiger partial charge in [-0.25, -0.2) is 4.79 Å². The second kappa shape index (κ2) is 8.00. The van der Waals surface area contributed by atoms with Gasteiger partial charge in [-0.2, -0.15) is 0 Å². The van der Waals surface area contributed by atoms with Gasteiger partial charge in [0.05, 0.1) is 0 Å². The predicted octanol–water partition coefficient (Wildman–Crippen LogP) is 1.12. The average molecular weight is 290 g/mol. The Kier molecular flexibility index (Phi) is 6.02. The van der Waals surface area contributed by atoms with Gasteiger partial charge in [-0.15, -0.1) is 0 Å². The van der Waals surface area contributed by atoms with Crippen molar-refractivity contribution in [2.24, 2.45) is 0 Å². The molecule has 2 amide bonds. The summed E-state index contributed by atoms with van der Waals surface area (Å²) in [5.74, 6) is 0. The molecule has 2 rings (SSSR count). The number of likely N-dealkylation sites (tertiary alicyclic amines) is 1. The number of carbonyl (C=O) groups is 1. The number of carbonyl (C=O) groups excluding carboxylic acids is 1. The van der Waals surface area contributed by atoms with Crippen LogP contribution in [0, 0.1) is 0 Å². The van der Waals surface area contributed by atoms with Crippen molar-refractivity contribution in [2.75, 3.05) is 40.3 Å². The first kappa shape index (κ1) is 15.8. The molecule has 116 valence electrons. The Morgan fingerprint density at radius 2 is 2.05 bits per heavy atom. The van der Waals surface area contributed by atoms with Crippen LogP contribution < -0.4 is 10.6 Å². The quantitative estimate of drug-likeness (QED) is 0.772. The Labute approximate surface area is 127 Å². The number of hydrogen-bond donors (Lipinski definition) is 2. The SMILES string of the molecule is CN(C)C(=O)NCCNC1CCN(Cc2ccccc2)C1. The van der Waals surface area contributed by atoms with Crippen molar-refractivity contribution in [3.05, 3.63) is 35.9 Å². The molecule has 0 spiro atoms. The average Bonchev–Trinajstić information content (AvgIpc) is 2.92. The Balaban J connectivity index is 1.61. The zero-order chi connectivity index (χ0) is 15.1. The topological polar surface area (TPSA) is 47.6 Å². The highest BCUT2D eigenvalue weighted by molar-refractivity contribution is 5.73. The van der Waals surface area contributed by atoms with E-state index in [0.717, 1.165) is 26.2 Å². The molecule has 1 aliphatic rings. The summed E-state index contributed by atoms with van der Waals surface area (Å²) in [5.41, 5.74) is 1.37. The number of nitrogens with one attached hydrogen (secondary N) is 2. The molecule has 1 unspecified atom stereocenters. The maximum absolute atomic E-state index is 11.4. The van der Waals surface area contributed by atoms with Crippen LogP contribution in [0.3, 0.4) is 0 Å². The highest BCUT2D eigenvalue weighted by atomic mass is 16.2. The van der Waals surface area contributed by atoms with Gasteiger partial charge in [0.15, 0.2) is 0 Å². The van der Waals surface area contributed by atoms with Crippen molar-refractivity contribution in [3.8, 4) is 0 Å². The van der Waals surface area contributed by atoms with Crippen LogP contribution in [0.15, 0.2) is 30.3 Å². The van der Waals surface area contributed by atoms with Crippen molar-refractivity contribution in [2.45, 2.75) is 19.0 Å². The molecular formula is C16H26N4O. The second-order valence-corrected chi connectivity index (χ2v) is 5.79. The van der Waals surface area contributed by atoms with Gasteiger partial charge in [0.1, 0.15) is 0 Å². The van der Waals surface area contributed by atoms with Crippen molar-refractivity contribution < 1.29 is 4.79 Å². The first-order chi connectivity index (χ1) is 10.1. The van der Waals surface area contributed by atoms with Gasteiger partial charge >= 0.3 is 6.03 Å². The minimum atomic E-state index is -0.0334. The molecular weight excluding hydrogens is 264 g/mol. The molecule has 1 atom stereocenters. The van der Waals surface area contributed by atoms with Gasteiger partial charge in [0, 0.05) is 52.9 Å². The van der Waals surface area contributed by atoms with E-state index in [1.54, 1.807) is 19.0 Å². The van der Waals surface area contributed by atoms with E-state index in [4.69, 9.17) is 0 Å². The van der Waals surface area contributed by atoms with E-state index in [9.17, 15) is 4.79 Å². The van der Waals surface area contributed by atoms with Crippen LogP contribution in [0.2, 0.25) is 0 Å². The van der Waals surface area contributed by atoms with Crippen molar-refractivity contribution in [1.82, 2.24) is 20.4 Å². The smallest absolute Gasteiger partial charge is 0.316 e. The highest BCUT2D eigenvalue weighted by Gasteiger charge is 2.21. The number of rotatable bonds is 6. The first-order valence-corrected chi connectivity index (χ1v) is 7.60. The lowest BCUT2D eigenvalue weighted by Gasteiger charge is -2.17. The van der Waals surface area contributed by atoms with E-state index >= 15 is 0 Å². The summed E-state index contributed by atoms with van der Waals surface area (Å²) in [6, 6.07) is 11.1. The molecule has 1 heterocycles. The Bertz CT molecular complexity index is 435. The Morgan fingerprint density at radius 3 is 2.76 bits per heavy atom. The maximum Gasteiger partial charge on any atom is 0.316 e. The molecule has 5 heteroatoms. The molecule has 21 heavy (non-hydrogen) atoms. The van der Waals surface area contributed by atoms with E-state index in [1.807, 2.05) is 0 Å². The molecule has 0 aromatic heterocycles. The van der Waals surface area contributed by atoms with Crippen LogP contribution in [-0.4, -0.2) is 62.1 Å². The summed E-state index contributed by atoms with van der Waals surface area (Å²) >= 11 is 0. The van der Waals surface area contributed by atoms with Crippen LogP contribution in [-0.2, 0) is 6.54 Å². The lowest BCUT2D eigenvalue weighted by molar-refractivity contribution is 0.217. The van der Waals surface area contributed by atoms with E-state index < -0.39 is 0 Å². The molecule has 1 saturated heterocycles. The van der Waals surface area contributed by atoms with Gasteiger partial charge in [0.2, 0.25) is 0 Å². The van der Waals surface area contributed by atoms with E-state index in [1.165, 1.54) is 12.0 Å². The van der Waals surface area contributed by atoms with E-state index in [2.05, 4.69) is 45.9 Å². The molecule has 1 aliphatic heterocycles. The fourth-order valence-corrected chi connectivity index (χ4v) is 2.59. The second-order valence-electron chi connectivity index (χ2n) is 5.79. The van der Waals surface area contributed by atoms with Crippen molar-refractivity contribution >= 4 is 6.03 Å². The molecule has 0 saturated carbocycles. The molecule has 5 nitrogen and oxygen atoms in total. The van der Waals surface area contributed by atoms with Gasteiger partial charge in [-0.1, -0.05) is 30.3 Å². The standard InChI is InChI=1S/C16H26N4O/c1-19(2)16(21)18-10-9-17-15-8-11-20(13-15)12-14-6-4-3-5-7-14/h3-7,15,17H,8-13H2,1-2H3,(H,18,21). The number of urea groups is 1. The number of hydrogen-bond acceptors (Lipinski definition) is 3. The first-order valence-electron chi connectivity index (χ1n) is 7.60. The zero-order valence-electron chi connectivity index (χ0n) is 13.0. The van der Waals surface area contributed by atoms with Crippen LogP contribution >= 0.6 is 0 Å². The summed E-state index contributed by atoms with van der Waals surface area (Å²) in [6.45, 7) is 4.74. The third kappa shape index (κ3) is 5.36. The molecule has 0 bridgehead atoms. The van der Waals surface area contributed by atoms with E-state index in [0.29, 0.717) is 12.6 Å². The number of amides is 2. The number of nitrogens with zero attached hydrogens (tertiary/aromatic N) is 2. The highest BCUT2D eigenvalue weighted by Crippen LogP contribution is 2.13. The van der Waals surface area contributed by atoms with Crippen molar-refractivity contribution in [3.63, 3.8) is 0 Å². The minimum Gasteiger partial charge on any atom is -0.337 e. The lowest BCUT2D eigenvalue weighted by Crippen LogP contribution is -2.41. The van der Waals surface area contributed by atoms with Crippen LogP contribution in [0.4, 0.5) is 4.79 Å². The normalized spacial score (nSPS) is 18.7. The minimum absolute atomic E-state index is 0.0334. The summed E-state index contributed by atoms with van der Waals surface area (Å²) in [7, 11) is 3.50. The monoisotopic (exact) mass is 290 g/mol. The third-order valence-electron chi connectivity index (χ3n) is 3.76. The largest absolute Gasteiger partial charge is 0.337 e. The fraction of sp³-hybridized carbons (Fsp3) is 0.562. The fourth-order valence-electron chi connectivity index (χ4n) is 2.59. The molecule has 1 aromatic carbocycles. The molecule has 1 aromatic rings. The van der Waals surface area contributed by atoms with Crippen LogP contribution in [0.25, 0.3) is 0 Å². The Hall–Kier alpha value is -1.59. The summed E-state index contributed by atoms with van der Waals surface area (Å²) in [6.07, 6.45) is 1.18. The zero-order valence-corrected chi connectivity index (χ0v) is 13.0. The molecule has 0 radical (unpaired) electrons. The van der Waals surface area contributed by atoms with Gasteiger partial charge in [-0.05, 0) is 12.0 Å². The Morgan fingerprint density at radius 1 is 1.29 bits per heavy atom. The van der Waals surface area contributed by atoms with E-state index in [-0.39, 0.29) is 6.03 Å². The molecule has 1 fully saturated rings.